The molecule has 11 heteroatoms. The van der Waals surface area contributed by atoms with Gasteiger partial charge in [-0.3, -0.25) is 9.59 Å². The lowest BCUT2D eigenvalue weighted by atomic mass is 10.2. The maximum absolute atomic E-state index is 12.6. The van der Waals surface area contributed by atoms with E-state index in [1.807, 2.05) is 6.92 Å². The monoisotopic (exact) mass is 543 g/mol. The third kappa shape index (κ3) is 7.96. The second kappa shape index (κ2) is 13.3. The Labute approximate surface area is 223 Å². The summed E-state index contributed by atoms with van der Waals surface area (Å²) in [6.07, 6.45) is 1.31. The zero-order valence-corrected chi connectivity index (χ0v) is 21.4. The molecule has 0 aliphatic rings. The summed E-state index contributed by atoms with van der Waals surface area (Å²) < 4.78 is 16.3. The van der Waals surface area contributed by atoms with Crippen LogP contribution in [0.1, 0.15) is 29.8 Å². The van der Waals surface area contributed by atoms with Crippen molar-refractivity contribution >= 4 is 52.9 Å². The van der Waals surface area contributed by atoms with Gasteiger partial charge in [0.15, 0.2) is 11.5 Å². The molecule has 2 N–H and O–H groups in total. The number of hydrogen-bond donors (Lipinski definition) is 2. The number of halogens is 2. The van der Waals surface area contributed by atoms with E-state index in [2.05, 4.69) is 15.8 Å². The van der Waals surface area contributed by atoms with Crippen molar-refractivity contribution in [2.24, 2.45) is 5.10 Å². The normalized spacial score (nSPS) is 10.6. The smallest absolute Gasteiger partial charge is 0.345 e. The number of carbonyl (C=O) groups is 3. The molecule has 0 saturated carbocycles. The van der Waals surface area contributed by atoms with Crippen molar-refractivity contribution in [2.45, 2.75) is 13.8 Å². The highest BCUT2D eigenvalue weighted by molar-refractivity contribution is 6.39. The average Bonchev–Trinajstić information content (AvgIpc) is 2.86. The van der Waals surface area contributed by atoms with Crippen LogP contribution in [0, 0.1) is 0 Å². The zero-order valence-electron chi connectivity index (χ0n) is 19.9. The number of hydrazone groups is 1. The Hall–Kier alpha value is -4.08. The van der Waals surface area contributed by atoms with Crippen LogP contribution in [0.5, 0.6) is 17.2 Å². The summed E-state index contributed by atoms with van der Waals surface area (Å²) in [6.45, 7) is 4.45. The van der Waals surface area contributed by atoms with E-state index in [9.17, 15) is 14.4 Å². The highest BCUT2D eigenvalue weighted by Crippen LogP contribution is 2.30. The third-order valence-corrected chi connectivity index (χ3v) is 5.18. The summed E-state index contributed by atoms with van der Waals surface area (Å²) in [6, 6.07) is 15.7. The Bertz CT molecular complexity index is 1310. The van der Waals surface area contributed by atoms with E-state index < -0.39 is 17.8 Å². The number of ether oxygens (including phenoxy) is 3. The van der Waals surface area contributed by atoms with Crippen LogP contribution in [0.3, 0.4) is 0 Å². The first-order valence-corrected chi connectivity index (χ1v) is 11.9. The van der Waals surface area contributed by atoms with Gasteiger partial charge in [0.05, 0.1) is 30.0 Å². The molecule has 3 aromatic rings. The minimum absolute atomic E-state index is 0.144. The molecule has 0 aromatic heterocycles. The lowest BCUT2D eigenvalue weighted by molar-refractivity contribution is -0.136. The summed E-state index contributed by atoms with van der Waals surface area (Å²) in [7, 11) is 0. The topological polar surface area (TPSA) is 115 Å². The minimum atomic E-state index is -0.958. The highest BCUT2D eigenvalue weighted by Gasteiger charge is 2.17. The highest BCUT2D eigenvalue weighted by atomic mass is 35.5. The summed E-state index contributed by atoms with van der Waals surface area (Å²) in [5.74, 6) is -1.45. The van der Waals surface area contributed by atoms with Crippen LogP contribution in [0.25, 0.3) is 0 Å². The van der Waals surface area contributed by atoms with Crippen molar-refractivity contribution in [3.05, 3.63) is 81.8 Å². The van der Waals surface area contributed by atoms with E-state index in [1.54, 1.807) is 43.3 Å². The fourth-order valence-corrected chi connectivity index (χ4v) is 3.46. The fourth-order valence-electron chi connectivity index (χ4n) is 2.97. The second-order valence-electron chi connectivity index (χ2n) is 7.26. The van der Waals surface area contributed by atoms with Gasteiger partial charge in [-0.15, -0.1) is 0 Å². The van der Waals surface area contributed by atoms with Crippen molar-refractivity contribution in [1.82, 2.24) is 5.43 Å². The molecule has 37 heavy (non-hydrogen) atoms. The minimum Gasteiger partial charge on any atom is -0.494 e. The number of amides is 2. The molecule has 0 bridgehead atoms. The van der Waals surface area contributed by atoms with E-state index in [-0.39, 0.29) is 22.1 Å². The molecule has 0 atom stereocenters. The van der Waals surface area contributed by atoms with Crippen LogP contribution >= 0.6 is 23.2 Å². The van der Waals surface area contributed by atoms with Gasteiger partial charge in [-0.2, -0.15) is 5.10 Å². The van der Waals surface area contributed by atoms with Crippen molar-refractivity contribution in [2.75, 3.05) is 18.5 Å². The summed E-state index contributed by atoms with van der Waals surface area (Å²) >= 11 is 12.0. The van der Waals surface area contributed by atoms with Crippen molar-refractivity contribution in [1.29, 1.82) is 0 Å². The first-order valence-electron chi connectivity index (χ1n) is 11.1. The van der Waals surface area contributed by atoms with E-state index >= 15 is 0 Å². The molecule has 0 aliphatic heterocycles. The van der Waals surface area contributed by atoms with Crippen LogP contribution in [0.2, 0.25) is 10.0 Å². The zero-order chi connectivity index (χ0) is 26.8. The molecule has 0 radical (unpaired) electrons. The first-order chi connectivity index (χ1) is 17.8. The van der Waals surface area contributed by atoms with Gasteiger partial charge in [0.2, 0.25) is 0 Å². The molecule has 0 unspecified atom stereocenters. The standard InChI is InChI=1S/C26H23Cl2N3O6/c1-3-35-19-9-7-18(8-10-19)30-24(32)25(33)31-29-15-16-5-12-22(23(13-16)36-4-2)37-26(34)20-11-6-17(27)14-21(20)28/h5-15H,3-4H2,1-2H3,(H,30,32)(H,31,33)/b29-15+. The molecular formula is C26H23Cl2N3O6. The Morgan fingerprint density at radius 2 is 1.59 bits per heavy atom. The predicted molar refractivity (Wildman–Crippen MR) is 141 cm³/mol. The molecule has 192 valence electrons. The van der Waals surface area contributed by atoms with Gasteiger partial charge < -0.3 is 19.5 Å². The number of anilines is 1. The van der Waals surface area contributed by atoms with Gasteiger partial charge in [-0.05, 0) is 80.1 Å². The van der Waals surface area contributed by atoms with Crippen LogP contribution in [0.15, 0.2) is 65.8 Å². The van der Waals surface area contributed by atoms with Gasteiger partial charge in [0.25, 0.3) is 0 Å². The van der Waals surface area contributed by atoms with Crippen LogP contribution < -0.4 is 25.0 Å². The van der Waals surface area contributed by atoms with Crippen LogP contribution in [0.4, 0.5) is 5.69 Å². The van der Waals surface area contributed by atoms with Gasteiger partial charge in [-0.25, -0.2) is 10.2 Å². The SMILES string of the molecule is CCOc1ccc(NC(=O)C(=O)N/N=C/c2ccc(OC(=O)c3ccc(Cl)cc3Cl)c(OCC)c2)cc1. The van der Waals surface area contributed by atoms with E-state index in [4.69, 9.17) is 37.4 Å². The van der Waals surface area contributed by atoms with Gasteiger partial charge in [-0.1, -0.05) is 23.2 Å². The quantitative estimate of drug-likeness (QED) is 0.127. The molecule has 2 amide bonds. The van der Waals surface area contributed by atoms with Crippen LogP contribution in [-0.4, -0.2) is 37.2 Å². The molecular weight excluding hydrogens is 521 g/mol. The Morgan fingerprint density at radius 3 is 2.27 bits per heavy atom. The maximum Gasteiger partial charge on any atom is 0.345 e. The molecule has 0 fully saturated rings. The third-order valence-electron chi connectivity index (χ3n) is 4.63. The number of carbonyl (C=O) groups excluding carboxylic acids is 3. The molecule has 3 aromatic carbocycles. The largest absolute Gasteiger partial charge is 0.494 e. The summed E-state index contributed by atoms with van der Waals surface area (Å²) in [5, 5.41) is 6.81. The number of nitrogens with one attached hydrogen (secondary N) is 2. The second-order valence-corrected chi connectivity index (χ2v) is 8.11. The summed E-state index contributed by atoms with van der Waals surface area (Å²) in [4.78, 5) is 36.7. The molecule has 0 spiro atoms. The number of nitrogens with zero attached hydrogens (tertiary/aromatic N) is 1. The molecule has 0 heterocycles. The fraction of sp³-hybridized carbons (Fsp3) is 0.154. The molecule has 0 aliphatic carbocycles. The van der Waals surface area contributed by atoms with Crippen molar-refractivity contribution < 1.29 is 28.6 Å². The number of hydrogen-bond acceptors (Lipinski definition) is 7. The summed E-state index contributed by atoms with van der Waals surface area (Å²) in [5.41, 5.74) is 3.24. The van der Waals surface area contributed by atoms with Crippen molar-refractivity contribution in [3.63, 3.8) is 0 Å². The number of esters is 1. The lowest BCUT2D eigenvalue weighted by Crippen LogP contribution is -2.32. The Morgan fingerprint density at radius 1 is 0.865 bits per heavy atom. The number of benzene rings is 3. The van der Waals surface area contributed by atoms with Crippen molar-refractivity contribution in [3.8, 4) is 17.2 Å². The van der Waals surface area contributed by atoms with Crippen LogP contribution in [-0.2, 0) is 9.59 Å². The van der Waals surface area contributed by atoms with E-state index in [1.165, 1.54) is 30.5 Å². The van der Waals surface area contributed by atoms with Gasteiger partial charge in [0.1, 0.15) is 5.75 Å². The Kier molecular flexibility index (Phi) is 9.88. The molecule has 9 nitrogen and oxygen atoms in total. The first kappa shape index (κ1) is 27.5. The number of rotatable bonds is 9. The lowest BCUT2D eigenvalue weighted by Gasteiger charge is -2.12. The van der Waals surface area contributed by atoms with E-state index in [0.29, 0.717) is 35.2 Å². The van der Waals surface area contributed by atoms with Gasteiger partial charge in [0, 0.05) is 10.7 Å². The van der Waals surface area contributed by atoms with Gasteiger partial charge >= 0.3 is 17.8 Å². The molecule has 3 rings (SSSR count). The Balaban J connectivity index is 1.62. The maximum atomic E-state index is 12.6. The van der Waals surface area contributed by atoms with E-state index in [0.717, 1.165) is 0 Å². The molecule has 0 saturated heterocycles. The predicted octanol–water partition coefficient (Wildman–Crippen LogP) is 5.10. The average molecular weight is 544 g/mol.